The molecule has 0 aromatic rings. The van der Waals surface area contributed by atoms with Crippen molar-refractivity contribution in [3.8, 4) is 6.07 Å². The van der Waals surface area contributed by atoms with Crippen molar-refractivity contribution in [1.29, 1.82) is 5.26 Å². The minimum atomic E-state index is -0.483. The van der Waals surface area contributed by atoms with Crippen molar-refractivity contribution >= 4 is 0 Å². The van der Waals surface area contributed by atoms with Crippen molar-refractivity contribution in [3.05, 3.63) is 0 Å². The summed E-state index contributed by atoms with van der Waals surface area (Å²) in [5.41, 5.74) is 0. The summed E-state index contributed by atoms with van der Waals surface area (Å²) in [7, 11) is 0. The molecule has 0 radical (unpaired) electrons. The molecule has 2 aliphatic rings. The first kappa shape index (κ1) is 11.8. The molecule has 2 atom stereocenters. The van der Waals surface area contributed by atoms with Crippen LogP contribution < -0.4 is 0 Å². The second-order valence-corrected chi connectivity index (χ2v) is 4.81. The SMILES string of the molecule is CC1(CC2CCOCC2)OCC(CC#N)O1. The molecule has 2 unspecified atom stereocenters. The van der Waals surface area contributed by atoms with Gasteiger partial charge in [0.05, 0.1) is 25.2 Å². The highest BCUT2D eigenvalue weighted by Gasteiger charge is 2.39. The van der Waals surface area contributed by atoms with Crippen molar-refractivity contribution in [1.82, 2.24) is 0 Å². The lowest BCUT2D eigenvalue weighted by Crippen LogP contribution is -2.32. The average Bonchev–Trinajstić information content (AvgIpc) is 2.62. The average molecular weight is 225 g/mol. The summed E-state index contributed by atoms with van der Waals surface area (Å²) in [6.07, 6.45) is 3.47. The van der Waals surface area contributed by atoms with Crippen molar-refractivity contribution < 1.29 is 14.2 Å². The second kappa shape index (κ2) is 5.13. The van der Waals surface area contributed by atoms with Gasteiger partial charge in [-0.2, -0.15) is 5.26 Å². The third-order valence-corrected chi connectivity index (χ3v) is 3.31. The Labute approximate surface area is 96.5 Å². The van der Waals surface area contributed by atoms with Crippen LogP contribution in [0.15, 0.2) is 0 Å². The quantitative estimate of drug-likeness (QED) is 0.735. The molecule has 2 fully saturated rings. The highest BCUT2D eigenvalue weighted by Crippen LogP contribution is 2.34. The first-order valence-electron chi connectivity index (χ1n) is 5.98. The molecule has 0 aliphatic carbocycles. The van der Waals surface area contributed by atoms with Crippen molar-refractivity contribution in [2.24, 2.45) is 5.92 Å². The topological polar surface area (TPSA) is 51.5 Å². The van der Waals surface area contributed by atoms with Gasteiger partial charge in [-0.05, 0) is 25.7 Å². The van der Waals surface area contributed by atoms with Gasteiger partial charge in [0.15, 0.2) is 5.79 Å². The number of rotatable bonds is 3. The zero-order valence-electron chi connectivity index (χ0n) is 9.78. The molecule has 0 aromatic heterocycles. The molecular formula is C12H19NO3. The van der Waals surface area contributed by atoms with E-state index in [0.29, 0.717) is 18.9 Å². The van der Waals surface area contributed by atoms with E-state index < -0.39 is 5.79 Å². The van der Waals surface area contributed by atoms with Crippen LogP contribution in [0.4, 0.5) is 0 Å². The summed E-state index contributed by atoms with van der Waals surface area (Å²) in [4.78, 5) is 0. The predicted octanol–water partition coefficient (Wildman–Crippen LogP) is 1.85. The first-order chi connectivity index (χ1) is 7.72. The molecule has 2 saturated heterocycles. The monoisotopic (exact) mass is 225 g/mol. The Kier molecular flexibility index (Phi) is 3.80. The van der Waals surface area contributed by atoms with E-state index in [4.69, 9.17) is 19.5 Å². The van der Waals surface area contributed by atoms with Crippen molar-refractivity contribution in [2.45, 2.75) is 44.5 Å². The van der Waals surface area contributed by atoms with Gasteiger partial charge in [-0.1, -0.05) is 0 Å². The zero-order chi connectivity index (χ0) is 11.4. The number of nitriles is 1. The molecule has 4 nitrogen and oxygen atoms in total. The Hall–Kier alpha value is -0.630. The zero-order valence-corrected chi connectivity index (χ0v) is 9.78. The summed E-state index contributed by atoms with van der Waals surface area (Å²) in [5, 5.41) is 8.62. The molecule has 90 valence electrons. The minimum absolute atomic E-state index is 0.0464. The summed E-state index contributed by atoms with van der Waals surface area (Å²) < 4.78 is 16.8. The van der Waals surface area contributed by atoms with Gasteiger partial charge >= 0.3 is 0 Å². The largest absolute Gasteiger partial charge is 0.381 e. The Morgan fingerprint density at radius 1 is 1.38 bits per heavy atom. The molecular weight excluding hydrogens is 206 g/mol. The third kappa shape index (κ3) is 2.94. The van der Waals surface area contributed by atoms with Crippen LogP contribution in [-0.4, -0.2) is 31.7 Å². The fourth-order valence-corrected chi connectivity index (χ4v) is 2.47. The van der Waals surface area contributed by atoms with Crippen LogP contribution in [0.25, 0.3) is 0 Å². The highest BCUT2D eigenvalue weighted by atomic mass is 16.7. The van der Waals surface area contributed by atoms with Crippen LogP contribution in [0.1, 0.15) is 32.6 Å². The molecule has 16 heavy (non-hydrogen) atoms. The van der Waals surface area contributed by atoms with Gasteiger partial charge in [0, 0.05) is 19.6 Å². The van der Waals surface area contributed by atoms with Crippen LogP contribution in [0.3, 0.4) is 0 Å². The van der Waals surface area contributed by atoms with E-state index in [1.807, 2.05) is 6.92 Å². The van der Waals surface area contributed by atoms with Gasteiger partial charge in [-0.15, -0.1) is 0 Å². The molecule has 0 spiro atoms. The molecule has 2 heterocycles. The number of nitrogens with zero attached hydrogens (tertiary/aromatic N) is 1. The van der Waals surface area contributed by atoms with Gasteiger partial charge in [0.2, 0.25) is 0 Å². The fourth-order valence-electron chi connectivity index (χ4n) is 2.47. The van der Waals surface area contributed by atoms with Gasteiger partial charge in [0.1, 0.15) is 0 Å². The van der Waals surface area contributed by atoms with Crippen molar-refractivity contribution in [3.63, 3.8) is 0 Å². The summed E-state index contributed by atoms with van der Waals surface area (Å²) in [6, 6.07) is 2.13. The molecule has 0 bridgehead atoms. The minimum Gasteiger partial charge on any atom is -0.381 e. The van der Waals surface area contributed by atoms with E-state index in [0.717, 1.165) is 32.5 Å². The van der Waals surface area contributed by atoms with Gasteiger partial charge in [-0.3, -0.25) is 0 Å². The second-order valence-electron chi connectivity index (χ2n) is 4.81. The Balaban J connectivity index is 1.82. The van der Waals surface area contributed by atoms with Crippen LogP contribution in [0.5, 0.6) is 0 Å². The maximum absolute atomic E-state index is 8.62. The summed E-state index contributed by atoms with van der Waals surface area (Å²) in [6.45, 7) is 4.23. The third-order valence-electron chi connectivity index (χ3n) is 3.31. The number of ether oxygens (including phenoxy) is 3. The predicted molar refractivity (Wildman–Crippen MR) is 57.6 cm³/mol. The summed E-state index contributed by atoms with van der Waals surface area (Å²) >= 11 is 0. The lowest BCUT2D eigenvalue weighted by atomic mass is 9.92. The van der Waals surface area contributed by atoms with Gasteiger partial charge in [0.25, 0.3) is 0 Å². The molecule has 0 amide bonds. The van der Waals surface area contributed by atoms with Gasteiger partial charge < -0.3 is 14.2 Å². The molecule has 4 heteroatoms. The van der Waals surface area contributed by atoms with Crippen molar-refractivity contribution in [2.75, 3.05) is 19.8 Å². The maximum atomic E-state index is 8.62. The van der Waals surface area contributed by atoms with E-state index >= 15 is 0 Å². The van der Waals surface area contributed by atoms with E-state index in [-0.39, 0.29) is 6.10 Å². The van der Waals surface area contributed by atoms with Gasteiger partial charge in [-0.25, -0.2) is 0 Å². The normalized spacial score (nSPS) is 36.1. The molecule has 2 aliphatic heterocycles. The van der Waals surface area contributed by atoms with E-state index in [2.05, 4.69) is 6.07 Å². The Bertz CT molecular complexity index is 270. The molecule has 2 rings (SSSR count). The first-order valence-corrected chi connectivity index (χ1v) is 5.98. The molecule has 0 saturated carbocycles. The lowest BCUT2D eigenvalue weighted by molar-refractivity contribution is -0.169. The van der Waals surface area contributed by atoms with E-state index in [1.54, 1.807) is 0 Å². The lowest BCUT2D eigenvalue weighted by Gasteiger charge is -2.30. The highest BCUT2D eigenvalue weighted by molar-refractivity contribution is 4.84. The Morgan fingerprint density at radius 2 is 2.12 bits per heavy atom. The fraction of sp³-hybridized carbons (Fsp3) is 0.917. The summed E-state index contributed by atoms with van der Waals surface area (Å²) in [5.74, 6) is 0.142. The number of hydrogen-bond acceptors (Lipinski definition) is 4. The number of hydrogen-bond donors (Lipinski definition) is 0. The van der Waals surface area contributed by atoms with Crippen LogP contribution in [0, 0.1) is 17.2 Å². The maximum Gasteiger partial charge on any atom is 0.166 e. The van der Waals surface area contributed by atoms with Crippen LogP contribution >= 0.6 is 0 Å². The standard InChI is InChI=1S/C12H19NO3/c1-12(8-10-3-6-14-7-4-10)15-9-11(16-12)2-5-13/h10-11H,2-4,6-9H2,1H3. The van der Waals surface area contributed by atoms with Crippen LogP contribution in [0.2, 0.25) is 0 Å². The van der Waals surface area contributed by atoms with Crippen LogP contribution in [-0.2, 0) is 14.2 Å². The molecule has 0 aromatic carbocycles. The van der Waals surface area contributed by atoms with E-state index in [1.165, 1.54) is 0 Å². The smallest absolute Gasteiger partial charge is 0.166 e. The molecule has 0 N–H and O–H groups in total. The Morgan fingerprint density at radius 3 is 2.81 bits per heavy atom. The van der Waals surface area contributed by atoms with E-state index in [9.17, 15) is 0 Å².